The monoisotopic (exact) mass is 294 g/mol. The quantitative estimate of drug-likeness (QED) is 0.765. The van der Waals surface area contributed by atoms with E-state index in [0.717, 1.165) is 5.75 Å². The van der Waals surface area contributed by atoms with Crippen LogP contribution in [0.2, 0.25) is 0 Å². The predicted octanol–water partition coefficient (Wildman–Crippen LogP) is -0.0410. The highest BCUT2D eigenvalue weighted by atomic mass is 16.6. The number of aliphatic carboxylic acids is 1. The number of para-hydroxylation sites is 2. The summed E-state index contributed by atoms with van der Waals surface area (Å²) in [5, 5.41) is 10.8. The number of carboxylic acids is 1. The smallest absolute Gasteiger partial charge is 0.322 e. The van der Waals surface area contributed by atoms with Crippen LogP contribution in [-0.2, 0) is 9.59 Å². The highest BCUT2D eigenvalue weighted by Crippen LogP contribution is 2.30. The molecule has 1 unspecified atom stereocenters. The molecule has 1 atom stereocenters. The molecule has 0 aromatic heterocycles. The van der Waals surface area contributed by atoms with Gasteiger partial charge < -0.3 is 19.9 Å². The molecule has 0 saturated carbocycles. The summed E-state index contributed by atoms with van der Waals surface area (Å²) >= 11 is 0. The molecule has 1 aromatic rings. The molecule has 1 aromatic carbocycles. The van der Waals surface area contributed by atoms with Gasteiger partial charge in [-0.25, -0.2) is 0 Å². The summed E-state index contributed by atoms with van der Waals surface area (Å²) in [5.74, 6) is 0.0109. The van der Waals surface area contributed by atoms with Gasteiger partial charge in [-0.15, -0.1) is 0 Å². The molecule has 114 valence electrons. The average Bonchev–Trinajstić information content (AvgIpc) is 2.45. The number of nitrogens with one attached hydrogen (secondary N) is 1. The van der Waals surface area contributed by atoms with E-state index in [1.807, 2.05) is 24.3 Å². The Kier molecular flexibility index (Phi) is 4.99. The molecule has 2 N–H and O–H groups in total. The van der Waals surface area contributed by atoms with Crippen molar-refractivity contribution < 1.29 is 24.2 Å². The van der Waals surface area contributed by atoms with Crippen molar-refractivity contribution in [1.29, 1.82) is 0 Å². The zero-order chi connectivity index (χ0) is 15.2. The molecule has 0 aliphatic carbocycles. The van der Waals surface area contributed by atoms with E-state index >= 15 is 0 Å². The minimum absolute atomic E-state index is 0.106. The normalized spacial score (nSPS) is 16.6. The SMILES string of the molecule is CN(CC(=O)NCC(=O)O)CC1COc2ccccc2O1. The van der Waals surface area contributed by atoms with Crippen LogP contribution in [0.1, 0.15) is 0 Å². The second kappa shape index (κ2) is 6.94. The van der Waals surface area contributed by atoms with E-state index in [2.05, 4.69) is 5.32 Å². The van der Waals surface area contributed by atoms with E-state index in [4.69, 9.17) is 14.6 Å². The van der Waals surface area contributed by atoms with Gasteiger partial charge >= 0.3 is 5.97 Å². The number of fused-ring (bicyclic) bond motifs is 1. The fraction of sp³-hybridized carbons (Fsp3) is 0.429. The number of ether oxygens (including phenoxy) is 2. The van der Waals surface area contributed by atoms with Crippen molar-refractivity contribution >= 4 is 11.9 Å². The van der Waals surface area contributed by atoms with Gasteiger partial charge in [0.2, 0.25) is 5.91 Å². The van der Waals surface area contributed by atoms with Gasteiger partial charge in [0.15, 0.2) is 11.5 Å². The summed E-state index contributed by atoms with van der Waals surface area (Å²) in [5.41, 5.74) is 0. The standard InChI is InChI=1S/C14H18N2O5/c1-16(8-13(17)15-6-14(18)19)7-10-9-20-11-4-2-3-5-12(11)21-10/h2-5,10H,6-9H2,1H3,(H,15,17)(H,18,19). The van der Waals surface area contributed by atoms with Crippen LogP contribution >= 0.6 is 0 Å². The van der Waals surface area contributed by atoms with Gasteiger partial charge in [-0.05, 0) is 19.2 Å². The molecule has 1 aliphatic heterocycles. The third kappa shape index (κ3) is 4.64. The topological polar surface area (TPSA) is 88.1 Å². The first-order valence-electron chi connectivity index (χ1n) is 6.60. The number of rotatable bonds is 6. The summed E-state index contributed by atoms with van der Waals surface area (Å²) in [6.07, 6.45) is -0.169. The van der Waals surface area contributed by atoms with Gasteiger partial charge in [-0.1, -0.05) is 12.1 Å². The number of carboxylic acid groups (broad SMARTS) is 1. The highest BCUT2D eigenvalue weighted by Gasteiger charge is 2.22. The van der Waals surface area contributed by atoms with Gasteiger partial charge in [-0.3, -0.25) is 14.5 Å². The Morgan fingerprint density at radius 1 is 1.38 bits per heavy atom. The first-order valence-corrected chi connectivity index (χ1v) is 6.60. The van der Waals surface area contributed by atoms with Gasteiger partial charge in [-0.2, -0.15) is 0 Å². The molecule has 0 fully saturated rings. The Morgan fingerprint density at radius 3 is 2.81 bits per heavy atom. The average molecular weight is 294 g/mol. The molecule has 7 nitrogen and oxygen atoms in total. The Morgan fingerprint density at radius 2 is 2.10 bits per heavy atom. The molecule has 0 saturated heterocycles. The van der Waals surface area contributed by atoms with E-state index in [0.29, 0.717) is 18.9 Å². The minimum Gasteiger partial charge on any atom is -0.486 e. The van der Waals surface area contributed by atoms with Crippen molar-refractivity contribution in [3.63, 3.8) is 0 Å². The molecule has 0 spiro atoms. The van der Waals surface area contributed by atoms with E-state index in [1.165, 1.54) is 0 Å². The zero-order valence-electron chi connectivity index (χ0n) is 11.7. The number of carbonyl (C=O) groups excluding carboxylic acids is 1. The Balaban J connectivity index is 1.77. The first-order chi connectivity index (χ1) is 10.0. The van der Waals surface area contributed by atoms with Gasteiger partial charge in [0, 0.05) is 6.54 Å². The van der Waals surface area contributed by atoms with Crippen LogP contribution in [0.15, 0.2) is 24.3 Å². The van der Waals surface area contributed by atoms with E-state index in [1.54, 1.807) is 11.9 Å². The molecule has 0 radical (unpaired) electrons. The van der Waals surface area contributed by atoms with Crippen LogP contribution in [-0.4, -0.2) is 61.3 Å². The van der Waals surface area contributed by atoms with Gasteiger partial charge in [0.1, 0.15) is 19.3 Å². The maximum absolute atomic E-state index is 11.5. The third-order valence-corrected chi connectivity index (χ3v) is 2.93. The second-order valence-corrected chi connectivity index (χ2v) is 4.86. The Bertz CT molecular complexity index is 520. The zero-order valence-corrected chi connectivity index (χ0v) is 11.7. The summed E-state index contributed by atoms with van der Waals surface area (Å²) < 4.78 is 11.4. The number of hydrogen-bond donors (Lipinski definition) is 2. The molecule has 1 amide bonds. The summed E-state index contributed by atoms with van der Waals surface area (Å²) in [4.78, 5) is 23.6. The number of amides is 1. The first kappa shape index (κ1) is 15.1. The second-order valence-electron chi connectivity index (χ2n) is 4.86. The van der Waals surface area contributed by atoms with E-state index in [9.17, 15) is 9.59 Å². The molecule has 21 heavy (non-hydrogen) atoms. The highest BCUT2D eigenvalue weighted by molar-refractivity contribution is 5.82. The van der Waals surface area contributed by atoms with Crippen molar-refractivity contribution in [2.75, 3.05) is 33.3 Å². The molecule has 0 bridgehead atoms. The third-order valence-electron chi connectivity index (χ3n) is 2.93. The molecule has 1 aliphatic rings. The lowest BCUT2D eigenvalue weighted by molar-refractivity contribution is -0.138. The number of nitrogens with zero attached hydrogens (tertiary/aromatic N) is 1. The number of carbonyl (C=O) groups is 2. The molecule has 1 heterocycles. The summed E-state index contributed by atoms with van der Waals surface area (Å²) in [7, 11) is 1.77. The Labute approximate surface area is 122 Å². The lowest BCUT2D eigenvalue weighted by atomic mass is 10.2. The van der Waals surface area contributed by atoms with Crippen LogP contribution in [0.5, 0.6) is 11.5 Å². The Hall–Kier alpha value is -2.28. The number of benzene rings is 1. The molecular formula is C14H18N2O5. The summed E-state index contributed by atoms with van der Waals surface area (Å²) in [6.45, 7) is 0.658. The fourth-order valence-corrected chi connectivity index (χ4v) is 2.04. The number of hydrogen-bond acceptors (Lipinski definition) is 5. The molecule has 2 rings (SSSR count). The maximum atomic E-state index is 11.5. The van der Waals surface area contributed by atoms with Gasteiger partial charge in [0.25, 0.3) is 0 Å². The van der Waals surface area contributed by atoms with Crippen molar-refractivity contribution in [3.05, 3.63) is 24.3 Å². The predicted molar refractivity (Wildman–Crippen MR) is 74.5 cm³/mol. The van der Waals surface area contributed by atoms with Gasteiger partial charge in [0.05, 0.1) is 6.54 Å². The number of likely N-dealkylation sites (N-methyl/N-ethyl adjacent to an activating group) is 1. The van der Waals surface area contributed by atoms with E-state index in [-0.39, 0.29) is 25.1 Å². The van der Waals surface area contributed by atoms with Crippen LogP contribution in [0.3, 0.4) is 0 Å². The lowest BCUT2D eigenvalue weighted by Crippen LogP contribution is -2.44. The fourth-order valence-electron chi connectivity index (χ4n) is 2.04. The van der Waals surface area contributed by atoms with Crippen molar-refractivity contribution in [3.8, 4) is 11.5 Å². The molecular weight excluding hydrogens is 276 g/mol. The maximum Gasteiger partial charge on any atom is 0.322 e. The largest absolute Gasteiger partial charge is 0.486 e. The van der Waals surface area contributed by atoms with Crippen molar-refractivity contribution in [1.82, 2.24) is 10.2 Å². The summed E-state index contributed by atoms with van der Waals surface area (Å²) in [6, 6.07) is 7.42. The van der Waals surface area contributed by atoms with E-state index < -0.39 is 5.97 Å². The van der Waals surface area contributed by atoms with Crippen LogP contribution < -0.4 is 14.8 Å². The van der Waals surface area contributed by atoms with Crippen LogP contribution in [0.4, 0.5) is 0 Å². The van der Waals surface area contributed by atoms with Crippen LogP contribution in [0, 0.1) is 0 Å². The van der Waals surface area contributed by atoms with Crippen molar-refractivity contribution in [2.24, 2.45) is 0 Å². The minimum atomic E-state index is -1.06. The van der Waals surface area contributed by atoms with Crippen LogP contribution in [0.25, 0.3) is 0 Å². The van der Waals surface area contributed by atoms with Crippen molar-refractivity contribution in [2.45, 2.75) is 6.10 Å². The molecule has 7 heteroatoms. The lowest BCUT2D eigenvalue weighted by Gasteiger charge is -2.29.